The van der Waals surface area contributed by atoms with Gasteiger partial charge in [-0.2, -0.15) is 0 Å². The number of guanidine groups is 1. The number of hydrogen-bond acceptors (Lipinski definition) is 4. The van der Waals surface area contributed by atoms with Gasteiger partial charge in [-0.1, -0.05) is 0 Å². The predicted molar refractivity (Wildman–Crippen MR) is 54.0 cm³/mol. The molecule has 0 saturated carbocycles. The molecule has 1 heterocycles. The van der Waals surface area contributed by atoms with Gasteiger partial charge in [0.2, 0.25) is 5.96 Å². The van der Waals surface area contributed by atoms with Crippen LogP contribution in [0.5, 0.6) is 0 Å². The van der Waals surface area contributed by atoms with Gasteiger partial charge in [-0.05, 0) is 13.8 Å². The van der Waals surface area contributed by atoms with Crippen molar-refractivity contribution in [2.75, 3.05) is 13.7 Å². The van der Waals surface area contributed by atoms with Crippen molar-refractivity contribution in [1.82, 2.24) is 10.2 Å². The van der Waals surface area contributed by atoms with E-state index in [4.69, 9.17) is 0 Å². The van der Waals surface area contributed by atoms with E-state index < -0.39 is 0 Å². The number of aliphatic imine (C=N–C) groups is 2. The van der Waals surface area contributed by atoms with Gasteiger partial charge in [0.1, 0.15) is 6.67 Å². The van der Waals surface area contributed by atoms with E-state index in [-0.39, 0.29) is 29.6 Å². The maximum absolute atomic E-state index is 4.18. The van der Waals surface area contributed by atoms with Crippen LogP contribution in [-0.2, 0) is 0 Å². The number of nitrogens with zero attached hydrogens (tertiary/aromatic N) is 3. The molecule has 4 nitrogen and oxygen atoms in total. The van der Waals surface area contributed by atoms with Crippen LogP contribution in [0.15, 0.2) is 9.98 Å². The Balaban J connectivity index is 0.00000121. The number of rotatable bonds is 1. The first-order valence-corrected chi connectivity index (χ1v) is 3.76. The van der Waals surface area contributed by atoms with Crippen molar-refractivity contribution in [2.45, 2.75) is 19.9 Å². The molecule has 0 aliphatic carbocycles. The van der Waals surface area contributed by atoms with E-state index in [0.717, 1.165) is 0 Å². The van der Waals surface area contributed by atoms with Gasteiger partial charge in [-0.3, -0.25) is 0 Å². The van der Waals surface area contributed by atoms with E-state index in [1.54, 1.807) is 0 Å². The third-order valence-corrected chi connectivity index (χ3v) is 1.60. The molecule has 12 heavy (non-hydrogen) atoms. The second kappa shape index (κ2) is 5.56. The molecule has 1 rings (SSSR count). The third kappa shape index (κ3) is 3.13. The van der Waals surface area contributed by atoms with Crippen LogP contribution < -0.4 is 5.32 Å². The Kier molecular flexibility index (Phi) is 5.53. The van der Waals surface area contributed by atoms with Crippen molar-refractivity contribution >= 4 is 41.9 Å². The number of nitrogens with one attached hydrogen (secondary N) is 1. The summed E-state index contributed by atoms with van der Waals surface area (Å²) in [6.07, 6.45) is 1.82. The Hall–Kier alpha value is -0.0600. The molecule has 0 aromatic rings. The van der Waals surface area contributed by atoms with Gasteiger partial charge in [-0.25, -0.2) is 9.98 Å². The fraction of sp³-hybridized carbons (Fsp3) is 0.714. The van der Waals surface area contributed by atoms with Crippen LogP contribution in [-0.4, -0.2) is 66.5 Å². The molecular formula is C7H15N4Na. The van der Waals surface area contributed by atoms with Crippen LogP contribution >= 0.6 is 0 Å². The molecular weight excluding hydrogens is 163 g/mol. The van der Waals surface area contributed by atoms with Gasteiger partial charge in [-0.15, -0.1) is 0 Å². The summed E-state index contributed by atoms with van der Waals surface area (Å²) in [7, 11) is 1.82. The van der Waals surface area contributed by atoms with Gasteiger partial charge < -0.3 is 10.2 Å². The van der Waals surface area contributed by atoms with E-state index >= 15 is 0 Å². The summed E-state index contributed by atoms with van der Waals surface area (Å²) in [6.45, 7) is 4.94. The minimum atomic E-state index is 0. The Bertz CT molecular complexity index is 188. The molecule has 0 amide bonds. The summed E-state index contributed by atoms with van der Waals surface area (Å²) < 4.78 is 0. The quantitative estimate of drug-likeness (QED) is 0.556. The van der Waals surface area contributed by atoms with Crippen molar-refractivity contribution in [1.29, 1.82) is 0 Å². The molecule has 1 N–H and O–H groups in total. The van der Waals surface area contributed by atoms with Crippen LogP contribution in [0.1, 0.15) is 13.8 Å². The second-order valence-corrected chi connectivity index (χ2v) is 2.73. The zero-order valence-electron chi connectivity index (χ0n) is 7.20. The van der Waals surface area contributed by atoms with Crippen molar-refractivity contribution < 1.29 is 0 Å². The van der Waals surface area contributed by atoms with Crippen molar-refractivity contribution in [2.24, 2.45) is 9.98 Å². The number of hydrogen-bond donors (Lipinski definition) is 1. The van der Waals surface area contributed by atoms with Crippen molar-refractivity contribution in [3.05, 3.63) is 0 Å². The summed E-state index contributed by atoms with van der Waals surface area (Å²) in [5.74, 6) is 0.710. The van der Waals surface area contributed by atoms with E-state index in [1.807, 2.05) is 13.4 Å². The first-order valence-electron chi connectivity index (χ1n) is 3.76. The van der Waals surface area contributed by atoms with Crippen LogP contribution in [0, 0.1) is 0 Å². The van der Waals surface area contributed by atoms with E-state index in [2.05, 4.69) is 34.0 Å². The third-order valence-electron chi connectivity index (χ3n) is 1.60. The summed E-state index contributed by atoms with van der Waals surface area (Å²) in [4.78, 5) is 10.3. The molecule has 0 radical (unpaired) electrons. The molecule has 0 fully saturated rings. The first kappa shape index (κ1) is 11.9. The minimum absolute atomic E-state index is 0. The van der Waals surface area contributed by atoms with Gasteiger partial charge in [0.05, 0.1) is 6.34 Å². The standard InChI is InChI=1S/C7H14N4.Na.H/c1-6(2)11-4-9-7(8-3)10-5-11;;/h4,6H,5H2,1-3H3,(H,8,10);;. The monoisotopic (exact) mass is 178 g/mol. The molecule has 0 spiro atoms. The Morgan fingerprint density at radius 1 is 1.58 bits per heavy atom. The fourth-order valence-corrected chi connectivity index (χ4v) is 0.795. The van der Waals surface area contributed by atoms with Crippen LogP contribution in [0.2, 0.25) is 0 Å². The van der Waals surface area contributed by atoms with Crippen LogP contribution in [0.3, 0.4) is 0 Å². The molecule has 0 unspecified atom stereocenters. The average Bonchev–Trinajstić information content (AvgIpc) is 2.05. The van der Waals surface area contributed by atoms with Gasteiger partial charge in [0, 0.05) is 13.1 Å². The van der Waals surface area contributed by atoms with Gasteiger partial charge in [0.15, 0.2) is 0 Å². The van der Waals surface area contributed by atoms with E-state index in [9.17, 15) is 0 Å². The zero-order valence-corrected chi connectivity index (χ0v) is 7.20. The summed E-state index contributed by atoms with van der Waals surface area (Å²) in [5.41, 5.74) is 0. The maximum atomic E-state index is 4.18. The molecule has 0 saturated heterocycles. The van der Waals surface area contributed by atoms with E-state index in [0.29, 0.717) is 18.7 Å². The van der Waals surface area contributed by atoms with Crippen molar-refractivity contribution in [3.63, 3.8) is 0 Å². The molecule has 1 aliphatic heterocycles. The summed E-state index contributed by atoms with van der Waals surface area (Å²) >= 11 is 0. The van der Waals surface area contributed by atoms with E-state index in [1.165, 1.54) is 0 Å². The molecule has 1 aliphatic rings. The van der Waals surface area contributed by atoms with Gasteiger partial charge in [0.25, 0.3) is 0 Å². The molecule has 5 heteroatoms. The molecule has 0 aromatic heterocycles. The molecule has 64 valence electrons. The Morgan fingerprint density at radius 2 is 2.25 bits per heavy atom. The predicted octanol–water partition coefficient (Wildman–Crippen LogP) is -0.377. The summed E-state index contributed by atoms with van der Waals surface area (Å²) in [5, 5.41) is 2.89. The second-order valence-electron chi connectivity index (χ2n) is 2.73. The Morgan fingerprint density at radius 3 is 2.58 bits per heavy atom. The van der Waals surface area contributed by atoms with Crippen LogP contribution in [0.25, 0.3) is 0 Å². The van der Waals surface area contributed by atoms with Crippen molar-refractivity contribution in [3.8, 4) is 0 Å². The normalized spacial score (nSPS) is 15.7. The molecule has 0 bridgehead atoms. The molecule has 0 aromatic carbocycles. The fourth-order valence-electron chi connectivity index (χ4n) is 0.795. The first-order chi connectivity index (χ1) is 5.24. The average molecular weight is 178 g/mol. The SMILES string of the molecule is CNC1=NCN(C(C)C)C=N1.[NaH]. The summed E-state index contributed by atoms with van der Waals surface area (Å²) in [6, 6.07) is 0.473. The van der Waals surface area contributed by atoms with Gasteiger partial charge >= 0.3 is 29.6 Å². The topological polar surface area (TPSA) is 40.0 Å². The van der Waals surface area contributed by atoms with Crippen LogP contribution in [0.4, 0.5) is 0 Å². The zero-order chi connectivity index (χ0) is 8.27. The Labute approximate surface area is 95.4 Å². The molecule has 0 atom stereocenters.